The van der Waals surface area contributed by atoms with Crippen LogP contribution >= 0.6 is 0 Å². The molecule has 2 amide bonds. The van der Waals surface area contributed by atoms with Gasteiger partial charge in [-0.05, 0) is 24.7 Å². The summed E-state index contributed by atoms with van der Waals surface area (Å²) in [6, 6.07) is -0.169. The van der Waals surface area contributed by atoms with E-state index >= 15 is 0 Å². The van der Waals surface area contributed by atoms with Gasteiger partial charge in [0.1, 0.15) is 0 Å². The second kappa shape index (κ2) is 7.66. The van der Waals surface area contributed by atoms with Crippen LogP contribution in [0.5, 0.6) is 0 Å². The average molecular weight is 298 g/mol. The van der Waals surface area contributed by atoms with E-state index in [1.807, 2.05) is 7.05 Å². The number of carboxylic acid groups (broad SMARTS) is 1. The topological polar surface area (TPSA) is 69.6 Å². The van der Waals surface area contributed by atoms with Gasteiger partial charge in [-0.2, -0.15) is 0 Å². The molecule has 0 aromatic carbocycles. The van der Waals surface area contributed by atoms with E-state index in [0.29, 0.717) is 12.5 Å². The number of amides is 2. The molecule has 1 unspecified atom stereocenters. The van der Waals surface area contributed by atoms with Crippen molar-refractivity contribution in [1.29, 1.82) is 0 Å². The lowest BCUT2D eigenvalue weighted by atomic mass is 9.87. The van der Waals surface area contributed by atoms with Crippen molar-refractivity contribution in [2.75, 3.05) is 7.05 Å². The highest BCUT2D eigenvalue weighted by Crippen LogP contribution is 2.24. The first-order valence-electron chi connectivity index (χ1n) is 7.94. The highest BCUT2D eigenvalue weighted by Gasteiger charge is 2.27. The summed E-state index contributed by atoms with van der Waals surface area (Å²) in [5, 5.41) is 11.9. The minimum atomic E-state index is -0.870. The van der Waals surface area contributed by atoms with Gasteiger partial charge in [-0.1, -0.05) is 40.0 Å². The standard InChI is InChI=1S/C16H30N2O3/c1-16(2,3)11-12(10-14(19)20)17-15(21)18(4)13-8-6-5-7-9-13/h12-13H,5-11H2,1-4H3,(H,17,21)(H,19,20). The number of aliphatic carboxylic acids is 1. The van der Waals surface area contributed by atoms with Crippen molar-refractivity contribution in [2.24, 2.45) is 5.41 Å². The van der Waals surface area contributed by atoms with Crippen LogP contribution in [0.4, 0.5) is 4.79 Å². The molecule has 0 spiro atoms. The molecule has 0 saturated heterocycles. The Bertz CT molecular complexity index is 357. The van der Waals surface area contributed by atoms with Gasteiger partial charge in [0.15, 0.2) is 0 Å². The number of nitrogens with one attached hydrogen (secondary N) is 1. The Labute approximate surface area is 128 Å². The van der Waals surface area contributed by atoms with E-state index in [9.17, 15) is 9.59 Å². The van der Waals surface area contributed by atoms with E-state index in [4.69, 9.17) is 5.11 Å². The Balaban J connectivity index is 2.59. The van der Waals surface area contributed by atoms with E-state index < -0.39 is 5.97 Å². The SMILES string of the molecule is CN(C(=O)NC(CC(=O)O)CC(C)(C)C)C1CCCCC1. The smallest absolute Gasteiger partial charge is 0.317 e. The molecule has 5 nitrogen and oxygen atoms in total. The summed E-state index contributed by atoms with van der Waals surface area (Å²) in [6.07, 6.45) is 6.31. The summed E-state index contributed by atoms with van der Waals surface area (Å²) < 4.78 is 0. The first-order chi connectivity index (χ1) is 9.69. The van der Waals surface area contributed by atoms with E-state index in [-0.39, 0.29) is 23.9 Å². The van der Waals surface area contributed by atoms with Crippen molar-refractivity contribution < 1.29 is 14.7 Å². The fourth-order valence-electron chi connectivity index (χ4n) is 3.03. The molecular weight excluding hydrogens is 268 g/mol. The molecule has 0 aromatic heterocycles. The van der Waals surface area contributed by atoms with Crippen LogP contribution in [0.15, 0.2) is 0 Å². The highest BCUT2D eigenvalue weighted by atomic mass is 16.4. The Morgan fingerprint density at radius 2 is 1.81 bits per heavy atom. The van der Waals surface area contributed by atoms with Gasteiger partial charge in [0.2, 0.25) is 0 Å². The van der Waals surface area contributed by atoms with Crippen molar-refractivity contribution >= 4 is 12.0 Å². The molecule has 21 heavy (non-hydrogen) atoms. The van der Waals surface area contributed by atoms with Gasteiger partial charge < -0.3 is 15.3 Å². The maximum Gasteiger partial charge on any atom is 0.317 e. The predicted molar refractivity (Wildman–Crippen MR) is 83.3 cm³/mol. The van der Waals surface area contributed by atoms with Gasteiger partial charge in [-0.25, -0.2) is 4.79 Å². The third-order valence-electron chi connectivity index (χ3n) is 4.05. The van der Waals surface area contributed by atoms with Crippen molar-refractivity contribution in [2.45, 2.75) is 77.8 Å². The van der Waals surface area contributed by atoms with E-state index in [1.165, 1.54) is 19.3 Å². The summed E-state index contributed by atoms with van der Waals surface area (Å²) in [5.41, 5.74) is -0.0171. The number of rotatable bonds is 5. The quantitative estimate of drug-likeness (QED) is 0.818. The summed E-state index contributed by atoms with van der Waals surface area (Å²) >= 11 is 0. The molecule has 1 aliphatic carbocycles. The van der Waals surface area contributed by atoms with Crippen LogP contribution in [-0.2, 0) is 4.79 Å². The molecule has 1 rings (SSSR count). The van der Waals surface area contributed by atoms with Gasteiger partial charge in [0.25, 0.3) is 0 Å². The zero-order valence-electron chi connectivity index (χ0n) is 13.8. The van der Waals surface area contributed by atoms with Crippen LogP contribution in [0.1, 0.15) is 65.7 Å². The molecule has 1 fully saturated rings. The van der Waals surface area contributed by atoms with Crippen LogP contribution in [0.2, 0.25) is 0 Å². The first-order valence-corrected chi connectivity index (χ1v) is 7.94. The maximum absolute atomic E-state index is 12.3. The van der Waals surface area contributed by atoms with Gasteiger partial charge in [0, 0.05) is 19.1 Å². The van der Waals surface area contributed by atoms with Gasteiger partial charge in [-0.3, -0.25) is 4.79 Å². The fourth-order valence-corrected chi connectivity index (χ4v) is 3.03. The van der Waals surface area contributed by atoms with Crippen LogP contribution < -0.4 is 5.32 Å². The summed E-state index contributed by atoms with van der Waals surface area (Å²) in [7, 11) is 1.82. The van der Waals surface area contributed by atoms with Gasteiger partial charge >= 0.3 is 12.0 Å². The fraction of sp³-hybridized carbons (Fsp3) is 0.875. The summed E-state index contributed by atoms with van der Waals surface area (Å²) in [6.45, 7) is 6.16. The lowest BCUT2D eigenvalue weighted by molar-refractivity contribution is -0.137. The summed E-state index contributed by atoms with van der Waals surface area (Å²) in [5.74, 6) is -0.870. The molecule has 1 aliphatic rings. The second-order valence-electron chi connectivity index (χ2n) is 7.41. The highest BCUT2D eigenvalue weighted by molar-refractivity contribution is 5.76. The van der Waals surface area contributed by atoms with Crippen LogP contribution in [-0.4, -0.2) is 41.1 Å². The number of carbonyl (C=O) groups excluding carboxylic acids is 1. The Morgan fingerprint density at radius 1 is 1.24 bits per heavy atom. The molecule has 0 aliphatic heterocycles. The van der Waals surface area contributed by atoms with Crippen LogP contribution in [0, 0.1) is 5.41 Å². The number of hydrogen-bond acceptors (Lipinski definition) is 2. The minimum Gasteiger partial charge on any atom is -0.481 e. The monoisotopic (exact) mass is 298 g/mol. The molecule has 0 aromatic rings. The third-order valence-corrected chi connectivity index (χ3v) is 4.05. The first kappa shape index (κ1) is 17.8. The maximum atomic E-state index is 12.3. The Hall–Kier alpha value is -1.26. The van der Waals surface area contributed by atoms with E-state index in [2.05, 4.69) is 26.1 Å². The largest absolute Gasteiger partial charge is 0.481 e. The average Bonchev–Trinajstić information content (AvgIpc) is 2.36. The van der Waals surface area contributed by atoms with E-state index in [1.54, 1.807) is 4.90 Å². The lowest BCUT2D eigenvalue weighted by Crippen LogP contribution is -2.49. The van der Waals surface area contributed by atoms with Crippen LogP contribution in [0.25, 0.3) is 0 Å². The van der Waals surface area contributed by atoms with Crippen molar-refractivity contribution in [1.82, 2.24) is 10.2 Å². The number of nitrogens with zero attached hydrogens (tertiary/aromatic N) is 1. The number of urea groups is 1. The minimum absolute atomic E-state index is 0.0171. The summed E-state index contributed by atoms with van der Waals surface area (Å²) in [4.78, 5) is 25.1. The van der Waals surface area contributed by atoms with Crippen molar-refractivity contribution in [3.05, 3.63) is 0 Å². The molecule has 122 valence electrons. The van der Waals surface area contributed by atoms with Gasteiger partial charge in [-0.15, -0.1) is 0 Å². The van der Waals surface area contributed by atoms with Gasteiger partial charge in [0.05, 0.1) is 6.42 Å². The number of hydrogen-bond donors (Lipinski definition) is 2. The molecule has 5 heteroatoms. The third kappa shape index (κ3) is 6.82. The molecule has 0 bridgehead atoms. The lowest BCUT2D eigenvalue weighted by Gasteiger charge is -2.33. The number of carboxylic acids is 1. The van der Waals surface area contributed by atoms with Crippen molar-refractivity contribution in [3.63, 3.8) is 0 Å². The predicted octanol–water partition coefficient (Wildman–Crippen LogP) is 3.24. The molecule has 0 radical (unpaired) electrons. The van der Waals surface area contributed by atoms with Crippen LogP contribution in [0.3, 0.4) is 0 Å². The normalized spacial score (nSPS) is 18.1. The Kier molecular flexibility index (Phi) is 6.49. The molecule has 1 saturated carbocycles. The zero-order chi connectivity index (χ0) is 16.0. The van der Waals surface area contributed by atoms with Crippen molar-refractivity contribution in [3.8, 4) is 0 Å². The second-order valence-corrected chi connectivity index (χ2v) is 7.41. The molecule has 1 atom stereocenters. The van der Waals surface area contributed by atoms with E-state index in [0.717, 1.165) is 12.8 Å². The Morgan fingerprint density at radius 3 is 2.29 bits per heavy atom. The number of carbonyl (C=O) groups is 2. The molecule has 0 heterocycles. The molecular formula is C16H30N2O3. The zero-order valence-corrected chi connectivity index (χ0v) is 13.8. The molecule has 2 N–H and O–H groups in total.